The molecule has 12 heteroatoms. The van der Waals surface area contributed by atoms with E-state index in [1.165, 1.54) is 17.6 Å². The van der Waals surface area contributed by atoms with Crippen LogP contribution in [0.3, 0.4) is 0 Å². The number of benzene rings is 1. The van der Waals surface area contributed by atoms with Crippen molar-refractivity contribution in [2.45, 2.75) is 0 Å². The predicted molar refractivity (Wildman–Crippen MR) is 136 cm³/mol. The van der Waals surface area contributed by atoms with Crippen molar-refractivity contribution in [3.63, 3.8) is 0 Å². The number of nitrogens with zero attached hydrogens (tertiary/aromatic N) is 3. The summed E-state index contributed by atoms with van der Waals surface area (Å²) in [5, 5.41) is 15.9. The number of nitrogen functional groups attached to an aromatic ring is 2. The van der Waals surface area contributed by atoms with Crippen LogP contribution in [0.1, 0.15) is 15.2 Å². The van der Waals surface area contributed by atoms with Gasteiger partial charge in [0.15, 0.2) is 5.13 Å². The van der Waals surface area contributed by atoms with Crippen molar-refractivity contribution in [2.75, 3.05) is 16.8 Å². The van der Waals surface area contributed by atoms with E-state index in [1.54, 1.807) is 35.7 Å². The predicted octanol–water partition coefficient (Wildman–Crippen LogP) is 6.27. The lowest BCUT2D eigenvalue weighted by molar-refractivity contribution is 0.103. The average molecular weight is 527 g/mol. The largest absolute Gasteiger partial charge is 0.464 e. The zero-order valence-corrected chi connectivity index (χ0v) is 20.1. The first-order valence-electron chi connectivity index (χ1n) is 9.55. The van der Waals surface area contributed by atoms with E-state index in [2.05, 4.69) is 15.3 Å². The number of carbonyl (C=O) groups excluding carboxylic acids is 1. The Labute approximate surface area is 210 Å². The number of carbonyl (C=O) groups is 1. The lowest BCUT2D eigenvalue weighted by Crippen LogP contribution is -2.11. The highest BCUT2D eigenvalue weighted by molar-refractivity contribution is 7.21. The number of nitrogens with one attached hydrogen (secondary N) is 1. The zero-order valence-electron chi connectivity index (χ0n) is 16.9. The molecule has 8 nitrogen and oxygen atoms in total. The van der Waals surface area contributed by atoms with Crippen molar-refractivity contribution < 1.29 is 9.21 Å². The molecule has 1 amide bonds. The molecule has 5 N–H and O–H groups in total. The van der Waals surface area contributed by atoms with Crippen molar-refractivity contribution in [3.8, 4) is 28.7 Å². The van der Waals surface area contributed by atoms with Gasteiger partial charge in [-0.3, -0.25) is 10.1 Å². The summed E-state index contributed by atoms with van der Waals surface area (Å²) in [5.74, 6) is -0.0402. The molecule has 34 heavy (non-hydrogen) atoms. The molecule has 0 aliphatic rings. The Kier molecular flexibility index (Phi) is 5.63. The first kappa shape index (κ1) is 22.2. The quantitative estimate of drug-likeness (QED) is 0.250. The van der Waals surface area contributed by atoms with Crippen LogP contribution in [-0.4, -0.2) is 15.9 Å². The molecule has 0 fully saturated rings. The van der Waals surface area contributed by atoms with Gasteiger partial charge < -0.3 is 15.9 Å². The number of pyridine rings is 1. The van der Waals surface area contributed by atoms with Gasteiger partial charge in [0.25, 0.3) is 5.91 Å². The van der Waals surface area contributed by atoms with Crippen molar-refractivity contribution >= 4 is 78.6 Å². The monoisotopic (exact) mass is 526 g/mol. The van der Waals surface area contributed by atoms with E-state index >= 15 is 0 Å². The van der Waals surface area contributed by atoms with Crippen molar-refractivity contribution in [1.82, 2.24) is 9.97 Å². The van der Waals surface area contributed by atoms with Crippen LogP contribution < -0.4 is 16.8 Å². The van der Waals surface area contributed by atoms with Gasteiger partial charge in [-0.1, -0.05) is 23.2 Å². The molecule has 0 spiro atoms. The normalized spacial score (nSPS) is 11.0. The van der Waals surface area contributed by atoms with Crippen molar-refractivity contribution in [1.29, 1.82) is 5.26 Å². The molecular formula is C22H12Cl2N6O2S2. The van der Waals surface area contributed by atoms with Gasteiger partial charge in [0.2, 0.25) is 0 Å². The molecule has 0 saturated heterocycles. The minimum atomic E-state index is -0.467. The van der Waals surface area contributed by atoms with Crippen LogP contribution in [0.4, 0.5) is 16.6 Å². The number of furan rings is 1. The van der Waals surface area contributed by atoms with Gasteiger partial charge in [0.05, 0.1) is 28.2 Å². The summed E-state index contributed by atoms with van der Waals surface area (Å²) in [4.78, 5) is 22.5. The second-order valence-corrected chi connectivity index (χ2v) is 9.68. The molecule has 168 valence electrons. The SMILES string of the molecule is N#Cc1c(N)nc2sc(C(=O)Nc3nc(-c4ccc(Cl)cc4Cl)cs3)c(N)c2c1-c1ccco1. The fraction of sp³-hybridized carbons (Fsp3) is 0. The maximum Gasteiger partial charge on any atom is 0.269 e. The van der Waals surface area contributed by atoms with Crippen molar-refractivity contribution in [2.24, 2.45) is 0 Å². The standard InChI is InChI=1S/C22H12Cl2N6O2S2/c23-9-3-4-10(12(24)6-9)13-8-33-22(28-13)30-20(31)18-17(26)16-15(14-2-1-5-32-14)11(7-25)19(27)29-21(16)34-18/h1-6,8H,26H2,(H2,27,29)(H,28,30,31). The third kappa shape index (κ3) is 3.74. The number of aromatic nitrogens is 2. The summed E-state index contributed by atoms with van der Waals surface area (Å²) in [6.45, 7) is 0. The third-order valence-corrected chi connectivity index (χ3v) is 7.33. The fourth-order valence-electron chi connectivity index (χ4n) is 3.43. The summed E-state index contributed by atoms with van der Waals surface area (Å²) in [5.41, 5.74) is 14.4. The number of hydrogen-bond donors (Lipinski definition) is 3. The van der Waals surface area contributed by atoms with E-state index in [0.717, 1.165) is 11.3 Å². The summed E-state index contributed by atoms with van der Waals surface area (Å²) >= 11 is 14.5. The first-order chi connectivity index (χ1) is 16.4. The van der Waals surface area contributed by atoms with Gasteiger partial charge >= 0.3 is 0 Å². The highest BCUT2D eigenvalue weighted by atomic mass is 35.5. The summed E-state index contributed by atoms with van der Waals surface area (Å²) < 4.78 is 5.49. The minimum Gasteiger partial charge on any atom is -0.464 e. The summed E-state index contributed by atoms with van der Waals surface area (Å²) in [6.07, 6.45) is 1.47. The minimum absolute atomic E-state index is 0.0269. The Morgan fingerprint density at radius 2 is 2.03 bits per heavy atom. The lowest BCUT2D eigenvalue weighted by atomic mass is 10.0. The van der Waals surface area contributed by atoms with Crippen LogP contribution in [0, 0.1) is 11.3 Å². The smallest absolute Gasteiger partial charge is 0.269 e. The molecule has 1 aromatic carbocycles. The van der Waals surface area contributed by atoms with Crippen LogP contribution in [0.15, 0.2) is 46.4 Å². The first-order valence-corrected chi connectivity index (χ1v) is 12.0. The number of hydrogen-bond acceptors (Lipinski definition) is 9. The Hall–Kier alpha value is -3.62. The molecule has 5 aromatic rings. The Balaban J connectivity index is 1.53. The van der Waals surface area contributed by atoms with Gasteiger partial charge in [0, 0.05) is 21.4 Å². The van der Waals surface area contributed by atoms with Crippen LogP contribution in [-0.2, 0) is 0 Å². The van der Waals surface area contributed by atoms with Crippen LogP contribution >= 0.6 is 45.9 Å². The Morgan fingerprint density at radius 1 is 1.21 bits per heavy atom. The highest BCUT2D eigenvalue weighted by Gasteiger charge is 2.26. The fourth-order valence-corrected chi connectivity index (χ4v) is 5.64. The molecule has 0 atom stereocenters. The second kappa shape index (κ2) is 8.62. The van der Waals surface area contributed by atoms with Crippen LogP contribution in [0.2, 0.25) is 10.0 Å². The van der Waals surface area contributed by atoms with Gasteiger partial charge in [-0.15, -0.1) is 22.7 Å². The average Bonchev–Trinajstić information content (AvgIpc) is 3.54. The molecule has 0 radical (unpaired) electrons. The van der Waals surface area contributed by atoms with E-state index < -0.39 is 5.91 Å². The number of thiazole rings is 1. The van der Waals surface area contributed by atoms with Gasteiger partial charge in [-0.05, 0) is 30.3 Å². The van der Waals surface area contributed by atoms with E-state index in [1.807, 2.05) is 6.07 Å². The Bertz CT molecular complexity index is 1620. The number of rotatable bonds is 4. The molecular weight excluding hydrogens is 515 g/mol. The molecule has 4 aromatic heterocycles. The lowest BCUT2D eigenvalue weighted by Gasteiger charge is -2.06. The maximum atomic E-state index is 13.1. The molecule has 0 aliphatic heterocycles. The van der Waals surface area contributed by atoms with Crippen LogP contribution in [0.5, 0.6) is 0 Å². The van der Waals surface area contributed by atoms with E-state index in [-0.39, 0.29) is 21.9 Å². The number of anilines is 3. The van der Waals surface area contributed by atoms with Crippen LogP contribution in [0.25, 0.3) is 32.8 Å². The summed E-state index contributed by atoms with van der Waals surface area (Å²) in [6, 6.07) is 10.5. The number of halogens is 2. The van der Waals surface area contributed by atoms with Gasteiger partial charge in [-0.25, -0.2) is 9.97 Å². The van der Waals surface area contributed by atoms with Crippen molar-refractivity contribution in [3.05, 3.63) is 62.5 Å². The van der Waals surface area contributed by atoms with Gasteiger partial charge in [-0.2, -0.15) is 5.26 Å². The zero-order chi connectivity index (χ0) is 24.0. The van der Waals surface area contributed by atoms with E-state index in [0.29, 0.717) is 48.0 Å². The number of nitriles is 1. The molecule has 5 rings (SSSR count). The number of nitrogens with two attached hydrogens (primary N) is 2. The number of amides is 1. The molecule has 0 unspecified atom stereocenters. The number of thiophene rings is 1. The van der Waals surface area contributed by atoms with E-state index in [9.17, 15) is 10.1 Å². The van der Waals surface area contributed by atoms with E-state index in [4.69, 9.17) is 39.1 Å². The molecule has 4 heterocycles. The number of fused-ring (bicyclic) bond motifs is 1. The van der Waals surface area contributed by atoms with Gasteiger partial charge in [0.1, 0.15) is 32.9 Å². The molecule has 0 aliphatic carbocycles. The topological polar surface area (TPSA) is 144 Å². The second-order valence-electron chi connectivity index (χ2n) is 6.98. The Morgan fingerprint density at radius 3 is 2.74 bits per heavy atom. The highest BCUT2D eigenvalue weighted by Crippen LogP contribution is 2.43. The molecule has 0 saturated carbocycles. The third-order valence-electron chi connectivity index (χ3n) is 4.92. The molecule has 0 bridgehead atoms. The summed E-state index contributed by atoms with van der Waals surface area (Å²) in [7, 11) is 0. The maximum absolute atomic E-state index is 13.1.